The van der Waals surface area contributed by atoms with Gasteiger partial charge in [-0.05, 0) is 89.8 Å². The second kappa shape index (κ2) is 6.64. The fourth-order valence-electron chi connectivity index (χ4n) is 5.29. The quantitative estimate of drug-likeness (QED) is 0.680. The van der Waals surface area contributed by atoms with E-state index >= 15 is 0 Å². The van der Waals surface area contributed by atoms with Crippen LogP contribution in [0.1, 0.15) is 61.6 Å². The molecular formula is C24H30O2. The van der Waals surface area contributed by atoms with E-state index in [-0.39, 0.29) is 0 Å². The maximum atomic E-state index is 5.52. The summed E-state index contributed by atoms with van der Waals surface area (Å²) in [7, 11) is 3.51. The summed E-state index contributed by atoms with van der Waals surface area (Å²) in [5, 5.41) is 0. The van der Waals surface area contributed by atoms with Crippen molar-refractivity contribution in [1.29, 1.82) is 0 Å². The first-order valence-corrected chi connectivity index (χ1v) is 9.81. The van der Waals surface area contributed by atoms with Crippen molar-refractivity contribution in [2.45, 2.75) is 51.4 Å². The lowest BCUT2D eigenvalue weighted by Crippen LogP contribution is -2.36. The minimum atomic E-state index is 0.433. The summed E-state index contributed by atoms with van der Waals surface area (Å²) in [4.78, 5) is 0. The summed E-state index contributed by atoms with van der Waals surface area (Å²) < 4.78 is 10.9. The van der Waals surface area contributed by atoms with Crippen molar-refractivity contribution >= 4 is 0 Å². The molecule has 0 saturated heterocycles. The highest BCUT2D eigenvalue weighted by molar-refractivity contribution is 5.44. The summed E-state index contributed by atoms with van der Waals surface area (Å²) in [6.45, 7) is 4.88. The first-order chi connectivity index (χ1) is 12.5. The molecule has 26 heavy (non-hydrogen) atoms. The smallest absolute Gasteiger partial charge is 0.119 e. The van der Waals surface area contributed by atoms with Gasteiger partial charge in [-0.3, -0.25) is 0 Å². The molecule has 2 aromatic rings. The van der Waals surface area contributed by atoms with Crippen LogP contribution >= 0.6 is 0 Å². The van der Waals surface area contributed by atoms with Gasteiger partial charge in [0, 0.05) is 0 Å². The molecule has 4 rings (SSSR count). The van der Waals surface area contributed by atoms with Crippen molar-refractivity contribution in [2.24, 2.45) is 11.3 Å². The van der Waals surface area contributed by atoms with E-state index in [2.05, 4.69) is 56.3 Å². The van der Waals surface area contributed by atoms with Crippen molar-refractivity contribution in [3.05, 3.63) is 59.2 Å². The van der Waals surface area contributed by atoms with Gasteiger partial charge in [0.1, 0.15) is 11.5 Å². The average Bonchev–Trinajstić information content (AvgIpc) is 2.66. The van der Waals surface area contributed by atoms with Crippen molar-refractivity contribution in [1.82, 2.24) is 0 Å². The van der Waals surface area contributed by atoms with Gasteiger partial charge in [0.25, 0.3) is 0 Å². The Labute approximate surface area is 157 Å². The Hall–Kier alpha value is -1.96. The molecule has 3 unspecified atom stereocenters. The third-order valence-electron chi connectivity index (χ3n) is 6.69. The van der Waals surface area contributed by atoms with Gasteiger partial charge in [0.05, 0.1) is 14.2 Å². The Balaban J connectivity index is 1.75. The van der Waals surface area contributed by atoms with Gasteiger partial charge in [-0.25, -0.2) is 0 Å². The highest BCUT2D eigenvalue weighted by atomic mass is 16.5. The van der Waals surface area contributed by atoms with E-state index in [9.17, 15) is 0 Å². The van der Waals surface area contributed by atoms with Crippen LogP contribution in [0.25, 0.3) is 0 Å². The Morgan fingerprint density at radius 2 is 1.58 bits per heavy atom. The first-order valence-electron chi connectivity index (χ1n) is 9.81. The van der Waals surface area contributed by atoms with Gasteiger partial charge in [0.2, 0.25) is 0 Å². The normalized spacial score (nSPS) is 26.5. The van der Waals surface area contributed by atoms with Gasteiger partial charge in [-0.2, -0.15) is 0 Å². The zero-order valence-corrected chi connectivity index (χ0v) is 16.4. The molecule has 0 spiro atoms. The number of hydrogen-bond acceptors (Lipinski definition) is 2. The van der Waals surface area contributed by atoms with Crippen LogP contribution in [0.4, 0.5) is 0 Å². The topological polar surface area (TPSA) is 18.5 Å². The molecular weight excluding hydrogens is 320 g/mol. The Morgan fingerprint density at radius 3 is 2.27 bits per heavy atom. The number of fused-ring (bicyclic) bond motifs is 3. The third-order valence-corrected chi connectivity index (χ3v) is 6.69. The summed E-state index contributed by atoms with van der Waals surface area (Å²) in [5.41, 5.74) is 4.93. The van der Waals surface area contributed by atoms with Crippen molar-refractivity contribution in [3.8, 4) is 11.5 Å². The lowest BCUT2D eigenvalue weighted by atomic mass is 9.56. The third kappa shape index (κ3) is 3.11. The van der Waals surface area contributed by atoms with Crippen molar-refractivity contribution in [2.75, 3.05) is 14.2 Å². The predicted molar refractivity (Wildman–Crippen MR) is 106 cm³/mol. The van der Waals surface area contributed by atoms with Crippen LogP contribution < -0.4 is 9.47 Å². The predicted octanol–water partition coefficient (Wildman–Crippen LogP) is 5.95. The maximum Gasteiger partial charge on any atom is 0.119 e. The largest absolute Gasteiger partial charge is 0.497 e. The molecule has 1 fully saturated rings. The molecule has 0 bridgehead atoms. The molecule has 2 aliphatic rings. The number of methoxy groups -OCH3 is 2. The van der Waals surface area contributed by atoms with Gasteiger partial charge < -0.3 is 9.47 Å². The lowest BCUT2D eigenvalue weighted by molar-refractivity contribution is 0.126. The Bertz CT molecular complexity index is 775. The molecule has 0 N–H and O–H groups in total. The van der Waals surface area contributed by atoms with E-state index < -0.39 is 0 Å². The second-order valence-corrected chi connectivity index (χ2v) is 8.83. The Kier molecular flexibility index (Phi) is 4.46. The van der Waals surface area contributed by atoms with Crippen LogP contribution in [-0.2, 0) is 6.42 Å². The summed E-state index contributed by atoms with van der Waals surface area (Å²) >= 11 is 0. The van der Waals surface area contributed by atoms with Crippen LogP contribution in [0.3, 0.4) is 0 Å². The minimum Gasteiger partial charge on any atom is -0.497 e. The van der Waals surface area contributed by atoms with E-state index in [0.717, 1.165) is 17.9 Å². The van der Waals surface area contributed by atoms with Crippen LogP contribution in [0.2, 0.25) is 0 Å². The molecule has 2 heteroatoms. The van der Waals surface area contributed by atoms with E-state index in [0.29, 0.717) is 23.2 Å². The summed E-state index contributed by atoms with van der Waals surface area (Å²) in [6, 6.07) is 15.5. The molecule has 0 radical (unpaired) electrons. The molecule has 3 atom stereocenters. The number of ether oxygens (including phenoxy) is 2. The SMILES string of the molecule is COc1ccc(C2Cc3ccc(OC)cc3C3CCC(C)(C)CC23)cc1. The maximum absolute atomic E-state index is 5.52. The average molecular weight is 351 g/mol. The van der Waals surface area contributed by atoms with Crippen LogP contribution in [0.15, 0.2) is 42.5 Å². The van der Waals surface area contributed by atoms with E-state index in [1.807, 2.05) is 0 Å². The van der Waals surface area contributed by atoms with Gasteiger partial charge >= 0.3 is 0 Å². The van der Waals surface area contributed by atoms with Gasteiger partial charge in [-0.1, -0.05) is 32.0 Å². The molecule has 0 amide bonds. The molecule has 0 heterocycles. The first kappa shape index (κ1) is 17.5. The summed E-state index contributed by atoms with van der Waals surface area (Å²) in [5.74, 6) is 3.87. The second-order valence-electron chi connectivity index (χ2n) is 8.83. The molecule has 0 aliphatic heterocycles. The number of hydrogen-bond donors (Lipinski definition) is 0. The zero-order chi connectivity index (χ0) is 18.3. The number of rotatable bonds is 3. The highest BCUT2D eigenvalue weighted by Gasteiger charge is 2.43. The molecule has 138 valence electrons. The molecule has 2 nitrogen and oxygen atoms in total. The van der Waals surface area contributed by atoms with Crippen LogP contribution in [0.5, 0.6) is 11.5 Å². The molecule has 1 saturated carbocycles. The van der Waals surface area contributed by atoms with Gasteiger partial charge in [-0.15, -0.1) is 0 Å². The standard InChI is InChI=1S/C24H30O2/c1-24(2)12-11-20-22-14-19(26-4)10-7-17(22)13-21(23(20)15-24)16-5-8-18(25-3)9-6-16/h5-10,14,20-21,23H,11-13,15H2,1-4H3. The van der Waals surface area contributed by atoms with Crippen LogP contribution in [-0.4, -0.2) is 14.2 Å². The summed E-state index contributed by atoms with van der Waals surface area (Å²) in [6.07, 6.45) is 5.01. The fourth-order valence-corrected chi connectivity index (χ4v) is 5.29. The molecule has 2 aromatic carbocycles. The van der Waals surface area contributed by atoms with E-state index in [1.165, 1.54) is 36.0 Å². The minimum absolute atomic E-state index is 0.433. The van der Waals surface area contributed by atoms with Gasteiger partial charge in [0.15, 0.2) is 0 Å². The highest BCUT2D eigenvalue weighted by Crippen LogP contribution is 2.56. The number of benzene rings is 2. The van der Waals surface area contributed by atoms with E-state index in [4.69, 9.17) is 9.47 Å². The zero-order valence-electron chi connectivity index (χ0n) is 16.4. The lowest BCUT2D eigenvalue weighted by Gasteiger charge is -2.48. The Morgan fingerprint density at radius 1 is 0.885 bits per heavy atom. The molecule has 0 aromatic heterocycles. The van der Waals surface area contributed by atoms with Crippen molar-refractivity contribution in [3.63, 3.8) is 0 Å². The monoisotopic (exact) mass is 350 g/mol. The van der Waals surface area contributed by atoms with Crippen LogP contribution in [0, 0.1) is 11.3 Å². The van der Waals surface area contributed by atoms with Crippen molar-refractivity contribution < 1.29 is 9.47 Å². The van der Waals surface area contributed by atoms with E-state index in [1.54, 1.807) is 14.2 Å². The fraction of sp³-hybridized carbons (Fsp3) is 0.500. The molecule has 2 aliphatic carbocycles.